The van der Waals surface area contributed by atoms with Crippen molar-refractivity contribution in [2.45, 2.75) is 143 Å². The Morgan fingerprint density at radius 2 is 0.970 bits per heavy atom. The van der Waals surface area contributed by atoms with Gasteiger partial charge in [-0.05, 0) is 160 Å². The van der Waals surface area contributed by atoms with Crippen LogP contribution in [0.2, 0.25) is 0 Å². The molecule has 2 heterocycles. The fourth-order valence-electron chi connectivity index (χ4n) is 11.9. The van der Waals surface area contributed by atoms with Crippen LogP contribution in [0, 0.1) is 0 Å². The summed E-state index contributed by atoms with van der Waals surface area (Å²) >= 11 is 0. The van der Waals surface area contributed by atoms with Gasteiger partial charge in [-0.3, -0.25) is 0 Å². The molecular formula is C64H71BN2. The predicted molar refractivity (Wildman–Crippen MR) is 292 cm³/mol. The lowest BCUT2D eigenvalue weighted by molar-refractivity contribution is 0.403. The van der Waals surface area contributed by atoms with Gasteiger partial charge in [-0.1, -0.05) is 189 Å². The maximum absolute atomic E-state index is 2.70. The van der Waals surface area contributed by atoms with E-state index >= 15 is 0 Å². The van der Waals surface area contributed by atoms with Crippen molar-refractivity contribution in [3.05, 3.63) is 173 Å². The second-order valence-corrected chi connectivity index (χ2v) is 24.9. The average Bonchev–Trinajstić information content (AvgIpc) is 3.45. The second-order valence-electron chi connectivity index (χ2n) is 24.9. The van der Waals surface area contributed by atoms with Gasteiger partial charge in [-0.2, -0.15) is 0 Å². The lowest BCUT2D eigenvalue weighted by Gasteiger charge is -2.46. The second kappa shape index (κ2) is 15.4. The Labute approximate surface area is 403 Å². The van der Waals surface area contributed by atoms with E-state index in [1.807, 2.05) is 0 Å². The summed E-state index contributed by atoms with van der Waals surface area (Å²) in [4.78, 5) is 5.31. The molecule has 0 aromatic heterocycles. The standard InChI is InChI=1S/C64H71BN2/c1-40(2)44-33-57-59-58(34-44)67(54-30-26-46(61(6,7)8)35-49(54)43-23-19-22-42(32-43)41-20-17-16-18-21-41)56-38-51-50(63(12,13)39-64(51,14)15)37-53(56)65(59)52-36-47(62(9,10)11)27-31-55(52)66(57)48-28-24-45(25-29-48)60(3,4)5/h16-38,40H,39H2,1-15H3. The third-order valence-corrected chi connectivity index (χ3v) is 15.5. The molecule has 0 spiro atoms. The number of rotatable bonds is 5. The molecule has 0 bridgehead atoms. The molecule has 3 heteroatoms. The van der Waals surface area contributed by atoms with Crippen molar-refractivity contribution in [3.8, 4) is 22.3 Å². The first kappa shape index (κ1) is 45.0. The van der Waals surface area contributed by atoms with Crippen LogP contribution < -0.4 is 26.2 Å². The lowest BCUT2D eigenvalue weighted by atomic mass is 9.33. The van der Waals surface area contributed by atoms with E-state index in [-0.39, 0.29) is 33.8 Å². The Bertz CT molecular complexity index is 3070. The monoisotopic (exact) mass is 879 g/mol. The highest BCUT2D eigenvalue weighted by atomic mass is 15.2. The highest BCUT2D eigenvalue weighted by Crippen LogP contribution is 2.54. The number of nitrogens with zero attached hydrogens (tertiary/aromatic N) is 2. The molecule has 0 saturated carbocycles. The van der Waals surface area contributed by atoms with E-state index in [9.17, 15) is 0 Å². The van der Waals surface area contributed by atoms with Crippen LogP contribution in [0.25, 0.3) is 22.3 Å². The summed E-state index contributed by atoms with van der Waals surface area (Å²) in [6, 6.07) is 54.7. The van der Waals surface area contributed by atoms with Crippen molar-refractivity contribution in [2.75, 3.05) is 9.80 Å². The van der Waals surface area contributed by atoms with E-state index in [0.717, 1.165) is 6.42 Å². The van der Waals surface area contributed by atoms with Gasteiger partial charge < -0.3 is 9.80 Å². The predicted octanol–water partition coefficient (Wildman–Crippen LogP) is 16.1. The molecule has 0 atom stereocenters. The fourth-order valence-corrected chi connectivity index (χ4v) is 11.9. The molecule has 0 radical (unpaired) electrons. The van der Waals surface area contributed by atoms with Gasteiger partial charge in [0, 0.05) is 34.0 Å². The summed E-state index contributed by atoms with van der Waals surface area (Å²) in [6.45, 7) is 35.7. The van der Waals surface area contributed by atoms with Crippen molar-refractivity contribution in [1.82, 2.24) is 0 Å². The van der Waals surface area contributed by atoms with E-state index in [2.05, 4.69) is 253 Å². The fraction of sp³-hybridized carbons (Fsp3) is 0.344. The van der Waals surface area contributed by atoms with E-state index < -0.39 is 0 Å². The van der Waals surface area contributed by atoms with Gasteiger partial charge in [0.15, 0.2) is 0 Å². The first-order chi connectivity index (χ1) is 31.4. The van der Waals surface area contributed by atoms with Gasteiger partial charge in [0.05, 0.1) is 5.69 Å². The zero-order valence-electron chi connectivity index (χ0n) is 43.0. The molecule has 2 aliphatic heterocycles. The van der Waals surface area contributed by atoms with Crippen LogP contribution in [0.3, 0.4) is 0 Å². The lowest BCUT2D eigenvalue weighted by Crippen LogP contribution is -2.61. The summed E-state index contributed by atoms with van der Waals surface area (Å²) in [7, 11) is 0. The summed E-state index contributed by atoms with van der Waals surface area (Å²) in [6.07, 6.45) is 1.11. The largest absolute Gasteiger partial charge is 0.311 e. The maximum Gasteiger partial charge on any atom is 0.252 e. The Balaban J connectivity index is 1.34. The molecule has 7 aromatic rings. The van der Waals surface area contributed by atoms with Crippen LogP contribution in [0.5, 0.6) is 0 Å². The van der Waals surface area contributed by atoms with Crippen LogP contribution in [-0.4, -0.2) is 6.71 Å². The summed E-state index contributed by atoms with van der Waals surface area (Å²) in [5.41, 5.74) is 25.0. The number of benzene rings is 7. The number of hydrogen-bond acceptors (Lipinski definition) is 2. The topological polar surface area (TPSA) is 6.48 Å². The average molecular weight is 879 g/mol. The zero-order valence-corrected chi connectivity index (χ0v) is 43.0. The van der Waals surface area contributed by atoms with E-state index in [4.69, 9.17) is 0 Å². The first-order valence-corrected chi connectivity index (χ1v) is 24.9. The third-order valence-electron chi connectivity index (χ3n) is 15.5. The van der Waals surface area contributed by atoms with Crippen LogP contribution in [0.15, 0.2) is 140 Å². The summed E-state index contributed by atoms with van der Waals surface area (Å²) in [5.74, 6) is 0.308. The number of hydrogen-bond donors (Lipinski definition) is 0. The van der Waals surface area contributed by atoms with Gasteiger partial charge in [0.2, 0.25) is 0 Å². The minimum Gasteiger partial charge on any atom is -0.311 e. The highest BCUT2D eigenvalue weighted by Gasteiger charge is 2.48. The van der Waals surface area contributed by atoms with E-state index in [1.54, 1.807) is 0 Å². The third kappa shape index (κ3) is 7.56. The SMILES string of the molecule is CC(C)c1cc2c3c(c1)N(c1ccc(C(C)(C)C)cc1-c1cccc(-c4ccccc4)c1)c1cc4c(cc1B3c1cc(C(C)(C)C)ccc1N2c1ccc(C(C)(C)C)cc1)C(C)(C)CC4(C)C. The molecular weight excluding hydrogens is 808 g/mol. The zero-order chi connectivity index (χ0) is 47.7. The molecule has 7 aromatic carbocycles. The van der Waals surface area contributed by atoms with E-state index in [1.165, 1.54) is 106 Å². The van der Waals surface area contributed by atoms with Crippen LogP contribution in [0.1, 0.15) is 150 Å². The molecule has 0 N–H and O–H groups in total. The first-order valence-electron chi connectivity index (χ1n) is 24.9. The molecule has 67 heavy (non-hydrogen) atoms. The van der Waals surface area contributed by atoms with Gasteiger partial charge >= 0.3 is 0 Å². The van der Waals surface area contributed by atoms with Crippen molar-refractivity contribution in [3.63, 3.8) is 0 Å². The number of fused-ring (bicyclic) bond motifs is 5. The normalized spacial score (nSPS) is 15.9. The Morgan fingerprint density at radius 1 is 0.448 bits per heavy atom. The molecule has 0 fully saturated rings. The van der Waals surface area contributed by atoms with Gasteiger partial charge in [0.1, 0.15) is 0 Å². The van der Waals surface area contributed by atoms with Crippen molar-refractivity contribution < 1.29 is 0 Å². The minimum absolute atomic E-state index is 0.0214. The Hall–Kier alpha value is -5.80. The minimum atomic E-state index is -0.0418. The van der Waals surface area contributed by atoms with Crippen molar-refractivity contribution in [1.29, 1.82) is 0 Å². The smallest absolute Gasteiger partial charge is 0.252 e. The molecule has 3 aliphatic rings. The molecule has 0 unspecified atom stereocenters. The molecule has 340 valence electrons. The Kier molecular flexibility index (Phi) is 10.3. The Morgan fingerprint density at radius 3 is 1.58 bits per heavy atom. The summed E-state index contributed by atoms with van der Waals surface area (Å²) in [5, 5.41) is 0. The van der Waals surface area contributed by atoms with Crippen molar-refractivity contribution >= 4 is 57.2 Å². The molecule has 2 nitrogen and oxygen atoms in total. The molecule has 1 aliphatic carbocycles. The molecule has 0 amide bonds. The molecule has 0 saturated heterocycles. The quantitative estimate of drug-likeness (QED) is 0.159. The number of anilines is 6. The highest BCUT2D eigenvalue weighted by molar-refractivity contribution is 7.00. The van der Waals surface area contributed by atoms with Crippen LogP contribution in [-0.2, 0) is 27.1 Å². The van der Waals surface area contributed by atoms with Crippen LogP contribution in [0.4, 0.5) is 34.1 Å². The molecule has 10 rings (SSSR count). The summed E-state index contributed by atoms with van der Waals surface area (Å²) < 4.78 is 0. The van der Waals surface area contributed by atoms with Crippen LogP contribution >= 0.6 is 0 Å². The van der Waals surface area contributed by atoms with Crippen molar-refractivity contribution in [2.24, 2.45) is 0 Å². The van der Waals surface area contributed by atoms with E-state index in [0.29, 0.717) is 5.92 Å². The van der Waals surface area contributed by atoms with Gasteiger partial charge in [0.25, 0.3) is 6.71 Å². The maximum atomic E-state index is 2.70. The van der Waals surface area contributed by atoms with Gasteiger partial charge in [-0.15, -0.1) is 0 Å². The van der Waals surface area contributed by atoms with Gasteiger partial charge in [-0.25, -0.2) is 0 Å².